The molecular weight excluding hydrogens is 298 g/mol. The van der Waals surface area contributed by atoms with Crippen LogP contribution in [0.5, 0.6) is 5.75 Å². The molecule has 0 amide bonds. The van der Waals surface area contributed by atoms with Gasteiger partial charge in [0.2, 0.25) is 0 Å². The molecule has 1 heterocycles. The lowest BCUT2D eigenvalue weighted by Crippen LogP contribution is -2.43. The average Bonchev–Trinajstić information content (AvgIpc) is 2.63. The largest absolute Gasteiger partial charge is 0.497 e. The number of ether oxygens (including phenoxy) is 1. The first-order valence-corrected chi connectivity index (χ1v) is 8.44. The summed E-state index contributed by atoms with van der Waals surface area (Å²) < 4.78 is 5.17. The summed E-state index contributed by atoms with van der Waals surface area (Å²) in [5.74, 6) is 0.872. The van der Waals surface area contributed by atoms with Gasteiger partial charge in [0.05, 0.1) is 13.3 Å². The summed E-state index contributed by atoms with van der Waals surface area (Å²) >= 11 is 0. The topological polar surface area (TPSA) is 28.1 Å². The maximum Gasteiger partial charge on any atom is 0.118 e. The molecule has 126 valence electrons. The van der Waals surface area contributed by atoms with Crippen LogP contribution in [0.3, 0.4) is 0 Å². The van der Waals surface area contributed by atoms with Gasteiger partial charge in [0, 0.05) is 32.7 Å². The third kappa shape index (κ3) is 4.59. The number of rotatable bonds is 5. The van der Waals surface area contributed by atoms with Crippen molar-refractivity contribution < 1.29 is 4.74 Å². The Morgan fingerprint density at radius 3 is 2.25 bits per heavy atom. The fraction of sp³-hybridized carbons (Fsp3) is 0.350. The molecule has 0 spiro atoms. The van der Waals surface area contributed by atoms with Gasteiger partial charge in [0.25, 0.3) is 0 Å². The maximum atomic E-state index is 5.17. The van der Waals surface area contributed by atoms with Gasteiger partial charge in [-0.2, -0.15) is 5.10 Å². The molecule has 1 saturated heterocycles. The van der Waals surface area contributed by atoms with E-state index in [1.165, 1.54) is 11.1 Å². The van der Waals surface area contributed by atoms with E-state index in [1.807, 2.05) is 30.5 Å². The first-order chi connectivity index (χ1) is 11.7. The van der Waals surface area contributed by atoms with Gasteiger partial charge in [0.1, 0.15) is 5.75 Å². The Labute approximate surface area is 144 Å². The molecule has 2 aromatic carbocycles. The number of hydrazone groups is 1. The molecule has 1 aliphatic heterocycles. The van der Waals surface area contributed by atoms with E-state index in [-0.39, 0.29) is 0 Å². The zero-order chi connectivity index (χ0) is 16.8. The SMILES string of the molecule is COc1ccc(/C=N/N2CCN(Cc3ccc(C)cc3)CC2)cc1. The molecule has 0 saturated carbocycles. The summed E-state index contributed by atoms with van der Waals surface area (Å²) in [6, 6.07) is 16.8. The number of methoxy groups -OCH3 is 1. The van der Waals surface area contributed by atoms with E-state index in [2.05, 4.69) is 46.2 Å². The molecule has 0 radical (unpaired) electrons. The van der Waals surface area contributed by atoms with E-state index in [9.17, 15) is 0 Å². The lowest BCUT2D eigenvalue weighted by molar-refractivity contribution is 0.131. The van der Waals surface area contributed by atoms with Gasteiger partial charge in [-0.3, -0.25) is 9.91 Å². The van der Waals surface area contributed by atoms with E-state index in [4.69, 9.17) is 4.74 Å². The van der Waals surface area contributed by atoms with Crippen LogP contribution in [0.1, 0.15) is 16.7 Å². The summed E-state index contributed by atoms with van der Waals surface area (Å²) in [7, 11) is 1.68. The van der Waals surface area contributed by atoms with E-state index in [0.717, 1.165) is 44.0 Å². The van der Waals surface area contributed by atoms with Crippen LogP contribution < -0.4 is 4.74 Å². The summed E-state index contributed by atoms with van der Waals surface area (Å²) in [5, 5.41) is 6.75. The van der Waals surface area contributed by atoms with Crippen LogP contribution in [0.4, 0.5) is 0 Å². The third-order valence-electron chi connectivity index (χ3n) is 4.36. The monoisotopic (exact) mass is 323 g/mol. The zero-order valence-corrected chi connectivity index (χ0v) is 14.5. The molecule has 0 N–H and O–H groups in total. The molecule has 1 aliphatic rings. The van der Waals surface area contributed by atoms with Crippen LogP contribution >= 0.6 is 0 Å². The number of benzene rings is 2. The van der Waals surface area contributed by atoms with Crippen molar-refractivity contribution in [2.75, 3.05) is 33.3 Å². The average molecular weight is 323 g/mol. The predicted molar refractivity (Wildman–Crippen MR) is 98.6 cm³/mol. The van der Waals surface area contributed by atoms with Crippen LogP contribution in [-0.2, 0) is 6.54 Å². The molecule has 0 atom stereocenters. The second-order valence-electron chi connectivity index (χ2n) is 6.23. The number of hydrogen-bond acceptors (Lipinski definition) is 4. The standard InChI is InChI=1S/C20H25N3O/c1-17-3-5-19(6-4-17)16-22-11-13-23(14-12-22)21-15-18-7-9-20(24-2)10-8-18/h3-10,15H,11-14,16H2,1-2H3/b21-15+. The predicted octanol–water partition coefficient (Wildman–Crippen LogP) is 3.16. The molecule has 24 heavy (non-hydrogen) atoms. The van der Waals surface area contributed by atoms with Crippen molar-refractivity contribution in [1.29, 1.82) is 0 Å². The van der Waals surface area contributed by atoms with Gasteiger partial charge >= 0.3 is 0 Å². The first kappa shape index (κ1) is 16.5. The van der Waals surface area contributed by atoms with Crippen molar-refractivity contribution in [2.24, 2.45) is 5.10 Å². The molecule has 4 nitrogen and oxygen atoms in total. The van der Waals surface area contributed by atoms with Crippen LogP contribution in [0.25, 0.3) is 0 Å². The minimum absolute atomic E-state index is 0.872. The highest BCUT2D eigenvalue weighted by Gasteiger charge is 2.15. The molecule has 4 heteroatoms. The molecule has 3 rings (SSSR count). The van der Waals surface area contributed by atoms with Gasteiger partial charge in [-0.1, -0.05) is 29.8 Å². The lowest BCUT2D eigenvalue weighted by Gasteiger charge is -2.33. The number of hydrogen-bond donors (Lipinski definition) is 0. The van der Waals surface area contributed by atoms with Gasteiger partial charge in [-0.05, 0) is 42.3 Å². The maximum absolute atomic E-state index is 5.17. The second-order valence-corrected chi connectivity index (χ2v) is 6.23. The van der Waals surface area contributed by atoms with Crippen LogP contribution in [-0.4, -0.2) is 49.4 Å². The highest BCUT2D eigenvalue weighted by Crippen LogP contribution is 2.12. The van der Waals surface area contributed by atoms with Crippen molar-refractivity contribution >= 4 is 6.21 Å². The van der Waals surface area contributed by atoms with Gasteiger partial charge in [-0.25, -0.2) is 0 Å². The fourth-order valence-corrected chi connectivity index (χ4v) is 2.80. The zero-order valence-electron chi connectivity index (χ0n) is 14.5. The Kier molecular flexibility index (Phi) is 5.49. The van der Waals surface area contributed by atoms with E-state index in [1.54, 1.807) is 7.11 Å². The minimum atomic E-state index is 0.872. The first-order valence-electron chi connectivity index (χ1n) is 8.44. The molecule has 1 fully saturated rings. The summed E-state index contributed by atoms with van der Waals surface area (Å²) in [5.41, 5.74) is 3.80. The fourth-order valence-electron chi connectivity index (χ4n) is 2.80. The molecule has 2 aromatic rings. The van der Waals surface area contributed by atoms with Crippen LogP contribution in [0.2, 0.25) is 0 Å². The second kappa shape index (κ2) is 7.97. The Morgan fingerprint density at radius 2 is 1.62 bits per heavy atom. The Bertz CT molecular complexity index is 656. The number of piperazine rings is 1. The highest BCUT2D eigenvalue weighted by molar-refractivity contribution is 5.79. The third-order valence-corrected chi connectivity index (χ3v) is 4.36. The Hall–Kier alpha value is -2.33. The van der Waals surface area contributed by atoms with Crippen molar-refractivity contribution in [3.8, 4) is 5.75 Å². The van der Waals surface area contributed by atoms with Gasteiger partial charge in [0.15, 0.2) is 0 Å². The van der Waals surface area contributed by atoms with Crippen molar-refractivity contribution in [3.63, 3.8) is 0 Å². The molecule has 0 aliphatic carbocycles. The lowest BCUT2D eigenvalue weighted by atomic mass is 10.1. The summed E-state index contributed by atoms with van der Waals surface area (Å²) in [6.07, 6.45) is 1.93. The van der Waals surface area contributed by atoms with Gasteiger partial charge < -0.3 is 4.74 Å². The van der Waals surface area contributed by atoms with Crippen LogP contribution in [0, 0.1) is 6.92 Å². The Morgan fingerprint density at radius 1 is 0.958 bits per heavy atom. The quantitative estimate of drug-likeness (QED) is 0.791. The molecule has 0 unspecified atom stereocenters. The number of nitrogens with zero attached hydrogens (tertiary/aromatic N) is 3. The summed E-state index contributed by atoms with van der Waals surface area (Å²) in [4.78, 5) is 2.49. The van der Waals surface area contributed by atoms with Crippen molar-refractivity contribution in [3.05, 3.63) is 65.2 Å². The molecule has 0 bridgehead atoms. The minimum Gasteiger partial charge on any atom is -0.497 e. The highest BCUT2D eigenvalue weighted by atomic mass is 16.5. The normalized spacial score (nSPS) is 15.8. The van der Waals surface area contributed by atoms with Crippen molar-refractivity contribution in [1.82, 2.24) is 9.91 Å². The Balaban J connectivity index is 1.47. The van der Waals surface area contributed by atoms with E-state index in [0.29, 0.717) is 0 Å². The van der Waals surface area contributed by atoms with E-state index < -0.39 is 0 Å². The van der Waals surface area contributed by atoms with Gasteiger partial charge in [-0.15, -0.1) is 0 Å². The molecular formula is C20H25N3O. The smallest absolute Gasteiger partial charge is 0.118 e. The number of aryl methyl sites for hydroxylation is 1. The van der Waals surface area contributed by atoms with E-state index >= 15 is 0 Å². The van der Waals surface area contributed by atoms with Crippen molar-refractivity contribution in [2.45, 2.75) is 13.5 Å². The van der Waals surface area contributed by atoms with Crippen LogP contribution in [0.15, 0.2) is 53.6 Å². The summed E-state index contributed by atoms with van der Waals surface area (Å²) in [6.45, 7) is 7.19. The molecule has 0 aromatic heterocycles.